The highest BCUT2D eigenvalue weighted by molar-refractivity contribution is 7.87. The van der Waals surface area contributed by atoms with Crippen LogP contribution in [0.1, 0.15) is 13.8 Å². The summed E-state index contributed by atoms with van der Waals surface area (Å²) < 4.78 is 76.4. The molecule has 2 rings (SSSR count). The Labute approximate surface area is 166 Å². The molecule has 2 unspecified atom stereocenters. The van der Waals surface area contributed by atoms with Gasteiger partial charge in [-0.25, -0.2) is 10.5 Å². The van der Waals surface area contributed by atoms with Crippen molar-refractivity contribution in [3.8, 4) is 0 Å². The van der Waals surface area contributed by atoms with Crippen LogP contribution in [0.4, 0.5) is 0 Å². The standard InChI is InChI=1S/C13H24O14S2/c1-5-4-23-13(11(7(5)14)29(20,21)27-17)25-9-6(2)24-12(22-3)8(15)10(9)28(18,19)26-16/h5-17H,4H2,1-3H3/t5-,6?,7+,8+,9+,10+,11-,12?,13+/m1/s1. The predicted octanol–water partition coefficient (Wildman–Crippen LogP) is -2.15. The Morgan fingerprint density at radius 3 is 1.97 bits per heavy atom. The molecule has 29 heavy (non-hydrogen) atoms. The van der Waals surface area contributed by atoms with Crippen molar-refractivity contribution in [3.05, 3.63) is 0 Å². The summed E-state index contributed by atoms with van der Waals surface area (Å²) in [6.07, 6.45) is -9.55. The van der Waals surface area contributed by atoms with E-state index in [2.05, 4.69) is 8.67 Å². The van der Waals surface area contributed by atoms with E-state index in [-0.39, 0.29) is 6.61 Å². The van der Waals surface area contributed by atoms with Gasteiger partial charge in [-0.3, -0.25) is 0 Å². The number of aliphatic hydroxyl groups excluding tert-OH is 2. The van der Waals surface area contributed by atoms with E-state index < -0.39 is 73.6 Å². The van der Waals surface area contributed by atoms with Crippen LogP contribution in [0.25, 0.3) is 0 Å². The van der Waals surface area contributed by atoms with Gasteiger partial charge in [-0.05, 0) is 6.92 Å². The maximum absolute atomic E-state index is 12.2. The van der Waals surface area contributed by atoms with Gasteiger partial charge < -0.3 is 29.2 Å². The van der Waals surface area contributed by atoms with Crippen LogP contribution in [0.15, 0.2) is 0 Å². The summed E-state index contributed by atoms with van der Waals surface area (Å²) >= 11 is 0. The molecule has 0 spiro atoms. The summed E-state index contributed by atoms with van der Waals surface area (Å²) in [4.78, 5) is 0. The summed E-state index contributed by atoms with van der Waals surface area (Å²) in [7, 11) is -8.53. The number of methoxy groups -OCH3 is 1. The molecule has 9 atom stereocenters. The molecule has 0 radical (unpaired) electrons. The van der Waals surface area contributed by atoms with Crippen LogP contribution >= 0.6 is 0 Å². The van der Waals surface area contributed by atoms with Crippen molar-refractivity contribution in [3.63, 3.8) is 0 Å². The highest BCUT2D eigenvalue weighted by Crippen LogP contribution is 2.34. The van der Waals surface area contributed by atoms with Crippen LogP contribution in [0.5, 0.6) is 0 Å². The zero-order valence-electron chi connectivity index (χ0n) is 15.6. The second-order valence-corrected chi connectivity index (χ2v) is 10.1. The van der Waals surface area contributed by atoms with E-state index in [1.165, 1.54) is 13.8 Å². The molecule has 2 heterocycles. The van der Waals surface area contributed by atoms with Crippen LogP contribution in [-0.2, 0) is 47.9 Å². The molecule has 4 N–H and O–H groups in total. The Balaban J connectivity index is 2.41. The third-order valence-corrected chi connectivity index (χ3v) is 7.66. The monoisotopic (exact) mass is 468 g/mol. The van der Waals surface area contributed by atoms with Crippen molar-refractivity contribution < 1.29 is 65.2 Å². The lowest BCUT2D eigenvalue weighted by Crippen LogP contribution is -2.64. The van der Waals surface area contributed by atoms with Crippen molar-refractivity contribution in [2.24, 2.45) is 5.92 Å². The first-order chi connectivity index (χ1) is 13.4. The molecule has 2 aliphatic rings. The van der Waals surface area contributed by atoms with Crippen LogP contribution < -0.4 is 0 Å². The molecule has 172 valence electrons. The van der Waals surface area contributed by atoms with Gasteiger partial charge in [-0.2, -0.15) is 16.8 Å². The summed E-state index contributed by atoms with van der Waals surface area (Å²) in [6.45, 7) is 2.62. The minimum Gasteiger partial charge on any atom is -0.391 e. The van der Waals surface area contributed by atoms with E-state index in [1.54, 1.807) is 0 Å². The molecule has 0 aliphatic carbocycles. The molecule has 0 amide bonds. The maximum atomic E-state index is 12.2. The van der Waals surface area contributed by atoms with E-state index in [0.717, 1.165) is 7.11 Å². The molecule has 0 aromatic rings. The highest BCUT2D eigenvalue weighted by atomic mass is 32.2. The minimum absolute atomic E-state index is 0.178. The quantitative estimate of drug-likeness (QED) is 0.232. The summed E-state index contributed by atoms with van der Waals surface area (Å²) in [6, 6.07) is 0. The second-order valence-electron chi connectivity index (χ2n) is 6.77. The molecule has 16 heteroatoms. The van der Waals surface area contributed by atoms with Crippen LogP contribution in [0, 0.1) is 5.92 Å². The van der Waals surface area contributed by atoms with E-state index in [9.17, 15) is 27.0 Å². The topological polar surface area (TPSA) is 205 Å². The molecule has 0 bridgehead atoms. The molecule has 2 fully saturated rings. The van der Waals surface area contributed by atoms with Crippen LogP contribution in [0.3, 0.4) is 0 Å². The Kier molecular flexibility index (Phi) is 7.97. The lowest BCUT2D eigenvalue weighted by molar-refractivity contribution is -0.293. The lowest BCUT2D eigenvalue weighted by Gasteiger charge is -2.45. The fraction of sp³-hybridized carbons (Fsp3) is 1.00. The first-order valence-electron chi connectivity index (χ1n) is 8.36. The zero-order valence-corrected chi connectivity index (χ0v) is 17.2. The number of ether oxygens (including phenoxy) is 4. The molecular formula is C13H24O14S2. The number of hydrogen-bond acceptors (Lipinski definition) is 14. The van der Waals surface area contributed by atoms with Gasteiger partial charge >= 0.3 is 20.2 Å². The van der Waals surface area contributed by atoms with Gasteiger partial charge in [0.25, 0.3) is 0 Å². The van der Waals surface area contributed by atoms with Gasteiger partial charge in [0.15, 0.2) is 17.8 Å². The average Bonchev–Trinajstić information content (AvgIpc) is 2.66. The van der Waals surface area contributed by atoms with Gasteiger partial charge in [0.05, 0.1) is 18.8 Å². The first kappa shape index (κ1) is 24.8. The van der Waals surface area contributed by atoms with Gasteiger partial charge in [0.2, 0.25) is 0 Å². The zero-order chi connectivity index (χ0) is 22.1. The van der Waals surface area contributed by atoms with Crippen molar-refractivity contribution in [1.82, 2.24) is 0 Å². The largest absolute Gasteiger partial charge is 0.391 e. The van der Waals surface area contributed by atoms with Crippen LogP contribution in [-0.4, -0.2) is 98.8 Å². The third-order valence-electron chi connectivity index (χ3n) is 4.86. The van der Waals surface area contributed by atoms with Crippen molar-refractivity contribution in [2.75, 3.05) is 13.7 Å². The van der Waals surface area contributed by atoms with Gasteiger partial charge in [0.1, 0.15) is 17.5 Å². The molecule has 0 saturated carbocycles. The van der Waals surface area contributed by atoms with Crippen molar-refractivity contribution in [1.29, 1.82) is 0 Å². The van der Waals surface area contributed by atoms with Gasteiger partial charge in [-0.1, -0.05) is 6.92 Å². The number of rotatable bonds is 7. The SMILES string of the molecule is COC1OC(C)[C@H](O[C@@H]2OC[C@@H](C)[C@H](O)[C@H]2S(=O)(=O)OO)[C@@H](S(=O)(=O)OO)[C@@H]1O. The fourth-order valence-corrected chi connectivity index (χ4v) is 5.61. The van der Waals surface area contributed by atoms with Crippen molar-refractivity contribution in [2.45, 2.75) is 61.3 Å². The number of aliphatic hydroxyl groups is 2. The van der Waals surface area contributed by atoms with E-state index in [0.29, 0.717) is 0 Å². The maximum Gasteiger partial charge on any atom is 0.303 e. The molecule has 2 aliphatic heterocycles. The molecule has 2 saturated heterocycles. The van der Waals surface area contributed by atoms with Crippen LogP contribution in [0.2, 0.25) is 0 Å². The highest BCUT2D eigenvalue weighted by Gasteiger charge is 2.56. The summed E-state index contributed by atoms with van der Waals surface area (Å²) in [5, 5.41) is 34.1. The Hall–Kier alpha value is -0.500. The minimum atomic E-state index is -4.86. The normalized spacial score (nSPS) is 42.0. The first-order valence-corrected chi connectivity index (χ1v) is 11.3. The second kappa shape index (κ2) is 9.33. The number of hydrogen-bond donors (Lipinski definition) is 4. The van der Waals surface area contributed by atoms with E-state index in [4.69, 9.17) is 29.5 Å². The van der Waals surface area contributed by atoms with Crippen molar-refractivity contribution >= 4 is 20.2 Å². The Morgan fingerprint density at radius 2 is 1.45 bits per heavy atom. The smallest absolute Gasteiger partial charge is 0.303 e. The predicted molar refractivity (Wildman–Crippen MR) is 90.0 cm³/mol. The average molecular weight is 468 g/mol. The fourth-order valence-electron chi connectivity index (χ4n) is 3.31. The van der Waals surface area contributed by atoms with Gasteiger partial charge in [-0.15, -0.1) is 8.67 Å². The molecule has 14 nitrogen and oxygen atoms in total. The van der Waals surface area contributed by atoms with E-state index in [1.807, 2.05) is 0 Å². The third kappa shape index (κ3) is 4.89. The molecule has 0 aromatic carbocycles. The summed E-state index contributed by atoms with van der Waals surface area (Å²) in [5.41, 5.74) is 0. The summed E-state index contributed by atoms with van der Waals surface area (Å²) in [5.74, 6) is -0.700. The Bertz CT molecular complexity index is 753. The molecule has 0 aromatic heterocycles. The molecular weight excluding hydrogens is 444 g/mol. The van der Waals surface area contributed by atoms with Gasteiger partial charge in [0, 0.05) is 13.0 Å². The Morgan fingerprint density at radius 1 is 0.897 bits per heavy atom. The van der Waals surface area contributed by atoms with E-state index >= 15 is 0 Å². The lowest BCUT2D eigenvalue weighted by atomic mass is 9.99.